The molecular formula is C36H41Cl3. The highest BCUT2D eigenvalue weighted by Gasteiger charge is 1.79. The zero-order valence-electron chi connectivity index (χ0n) is 23.6. The molecule has 5 aromatic rings. The minimum atomic E-state index is -0.750. The molecule has 0 saturated heterocycles. The van der Waals surface area contributed by atoms with Crippen LogP contribution in [0.2, 0.25) is 0 Å². The summed E-state index contributed by atoms with van der Waals surface area (Å²) in [6.07, 6.45) is 0. The molecule has 5 rings (SSSR count). The minimum absolute atomic E-state index is 0.750. The Morgan fingerprint density at radius 3 is 0.436 bits per heavy atom. The molecule has 0 bridgehead atoms. The molecule has 0 unspecified atom stereocenters. The highest BCUT2D eigenvalue weighted by molar-refractivity contribution is 6.63. The van der Waals surface area contributed by atoms with Crippen LogP contribution in [-0.2, 0) is 0 Å². The quantitative estimate of drug-likeness (QED) is 0.160. The highest BCUT2D eigenvalue weighted by atomic mass is 35.6. The number of aryl methyl sites for hydroxylation is 5. The third-order valence-electron chi connectivity index (χ3n) is 4.70. The second-order valence-corrected chi connectivity index (χ2v) is 10.5. The summed E-state index contributed by atoms with van der Waals surface area (Å²) >= 11 is 14.4. The SMILES string of the molecule is Cc1ccccc1.Cc1ccccc1.Cc1ccccc1.Cc1ccccc1.Cc1ccccc1.ClC(Cl)Cl. The van der Waals surface area contributed by atoms with Crippen molar-refractivity contribution in [1.29, 1.82) is 0 Å². The summed E-state index contributed by atoms with van der Waals surface area (Å²) in [5.74, 6) is 0. The fourth-order valence-electron chi connectivity index (χ4n) is 2.67. The van der Waals surface area contributed by atoms with Crippen LogP contribution in [0.1, 0.15) is 27.8 Å². The van der Waals surface area contributed by atoms with E-state index >= 15 is 0 Å². The normalized spacial score (nSPS) is 8.74. The molecule has 0 heterocycles. The molecule has 206 valence electrons. The van der Waals surface area contributed by atoms with Crippen molar-refractivity contribution in [3.05, 3.63) is 179 Å². The maximum Gasteiger partial charge on any atom is 0.180 e. The van der Waals surface area contributed by atoms with Crippen LogP contribution in [0.15, 0.2) is 152 Å². The van der Waals surface area contributed by atoms with Crippen molar-refractivity contribution in [2.24, 2.45) is 0 Å². The fourth-order valence-corrected chi connectivity index (χ4v) is 2.67. The van der Waals surface area contributed by atoms with Crippen LogP contribution in [0.5, 0.6) is 0 Å². The van der Waals surface area contributed by atoms with Gasteiger partial charge in [-0.25, -0.2) is 0 Å². The number of benzene rings is 5. The fraction of sp³-hybridized carbons (Fsp3) is 0.167. The second-order valence-electron chi connectivity index (χ2n) is 8.52. The van der Waals surface area contributed by atoms with Crippen molar-refractivity contribution in [2.45, 2.75) is 38.9 Å². The lowest BCUT2D eigenvalue weighted by atomic mass is 10.2. The van der Waals surface area contributed by atoms with Gasteiger partial charge in [0.2, 0.25) is 0 Å². The Morgan fingerprint density at radius 2 is 0.385 bits per heavy atom. The molecule has 0 aliphatic carbocycles. The van der Waals surface area contributed by atoms with Gasteiger partial charge in [0, 0.05) is 0 Å². The summed E-state index contributed by atoms with van der Waals surface area (Å²) in [6, 6.07) is 51.3. The maximum absolute atomic E-state index is 4.81. The average molecular weight is 580 g/mol. The zero-order valence-corrected chi connectivity index (χ0v) is 25.9. The van der Waals surface area contributed by atoms with E-state index in [1.807, 2.05) is 91.0 Å². The molecule has 0 aliphatic heterocycles. The Kier molecular flexibility index (Phi) is 23.3. The molecule has 0 amide bonds. The van der Waals surface area contributed by atoms with Gasteiger partial charge in [0.1, 0.15) is 0 Å². The van der Waals surface area contributed by atoms with E-state index in [0.717, 1.165) is 0 Å². The van der Waals surface area contributed by atoms with Crippen molar-refractivity contribution < 1.29 is 0 Å². The molecule has 3 heteroatoms. The largest absolute Gasteiger partial charge is 0.180 e. The van der Waals surface area contributed by atoms with Crippen LogP contribution in [0.25, 0.3) is 0 Å². The molecule has 0 radical (unpaired) electrons. The van der Waals surface area contributed by atoms with Gasteiger partial charge in [-0.15, -0.1) is 0 Å². The summed E-state index contributed by atoms with van der Waals surface area (Å²) in [4.78, 5) is 0. The molecule has 0 spiro atoms. The van der Waals surface area contributed by atoms with Crippen molar-refractivity contribution >= 4 is 34.8 Å². The molecule has 39 heavy (non-hydrogen) atoms. The first-order valence-electron chi connectivity index (χ1n) is 12.7. The third-order valence-corrected chi connectivity index (χ3v) is 4.70. The summed E-state index contributed by atoms with van der Waals surface area (Å²) in [5.41, 5.74) is 6.61. The second kappa shape index (κ2) is 25.3. The number of hydrogen-bond donors (Lipinski definition) is 0. The zero-order chi connectivity index (χ0) is 29.1. The van der Waals surface area contributed by atoms with Gasteiger partial charge in [-0.3, -0.25) is 0 Å². The Labute approximate surface area is 252 Å². The van der Waals surface area contributed by atoms with Crippen molar-refractivity contribution in [1.82, 2.24) is 0 Å². The van der Waals surface area contributed by atoms with Gasteiger partial charge in [-0.05, 0) is 34.6 Å². The Morgan fingerprint density at radius 1 is 0.282 bits per heavy atom. The smallest absolute Gasteiger partial charge is 0.0874 e. The summed E-state index contributed by atoms with van der Waals surface area (Å²) < 4.78 is -0.750. The molecule has 0 atom stereocenters. The minimum Gasteiger partial charge on any atom is -0.0874 e. The van der Waals surface area contributed by atoms with Gasteiger partial charge >= 0.3 is 0 Å². The van der Waals surface area contributed by atoms with Crippen LogP contribution >= 0.6 is 34.8 Å². The lowest BCUT2D eigenvalue weighted by molar-refractivity contribution is 1.48. The summed E-state index contributed by atoms with van der Waals surface area (Å²) in [5, 5.41) is 0. The predicted molar refractivity (Wildman–Crippen MR) is 177 cm³/mol. The van der Waals surface area contributed by atoms with Gasteiger partial charge in [0.25, 0.3) is 0 Å². The van der Waals surface area contributed by atoms with E-state index in [9.17, 15) is 0 Å². The van der Waals surface area contributed by atoms with Gasteiger partial charge in [-0.2, -0.15) is 0 Å². The van der Waals surface area contributed by atoms with Crippen LogP contribution in [0.4, 0.5) is 0 Å². The molecule has 0 N–H and O–H groups in total. The van der Waals surface area contributed by atoms with Gasteiger partial charge in [-0.1, -0.05) is 214 Å². The molecule has 0 saturated carbocycles. The van der Waals surface area contributed by atoms with Crippen LogP contribution < -0.4 is 0 Å². The standard InChI is InChI=1S/5C7H8.CHCl3/c5*1-7-5-3-2-4-6-7;2-1(3)4/h5*2-6H,1H3;1H. The molecule has 0 aliphatic rings. The molecule has 5 aromatic carbocycles. The van der Waals surface area contributed by atoms with Crippen molar-refractivity contribution in [3.63, 3.8) is 0 Å². The third kappa shape index (κ3) is 27.8. The number of alkyl halides is 3. The van der Waals surface area contributed by atoms with E-state index in [4.69, 9.17) is 34.8 Å². The summed E-state index contributed by atoms with van der Waals surface area (Å²) in [6.45, 7) is 10.4. The van der Waals surface area contributed by atoms with Gasteiger partial charge in [0.05, 0.1) is 0 Å². The number of hydrogen-bond acceptors (Lipinski definition) is 0. The van der Waals surface area contributed by atoms with E-state index in [2.05, 4.69) is 95.3 Å². The summed E-state index contributed by atoms with van der Waals surface area (Å²) in [7, 11) is 0. The number of rotatable bonds is 0. The van der Waals surface area contributed by atoms with E-state index in [0.29, 0.717) is 0 Å². The lowest BCUT2D eigenvalue weighted by Crippen LogP contribution is -1.62. The van der Waals surface area contributed by atoms with E-state index in [1.165, 1.54) is 27.8 Å². The first-order valence-corrected chi connectivity index (χ1v) is 14.0. The van der Waals surface area contributed by atoms with E-state index < -0.39 is 4.30 Å². The Bertz CT molecular complexity index is 926. The Hall–Kier alpha value is -3.03. The topological polar surface area (TPSA) is 0 Å². The van der Waals surface area contributed by atoms with E-state index in [-0.39, 0.29) is 0 Å². The van der Waals surface area contributed by atoms with Crippen LogP contribution in [0.3, 0.4) is 0 Å². The average Bonchev–Trinajstić information content (AvgIpc) is 2.92. The predicted octanol–water partition coefficient (Wildman–Crippen LogP) is 12.0. The molecular weight excluding hydrogens is 539 g/mol. The van der Waals surface area contributed by atoms with Crippen molar-refractivity contribution in [2.75, 3.05) is 0 Å². The van der Waals surface area contributed by atoms with Gasteiger partial charge < -0.3 is 0 Å². The van der Waals surface area contributed by atoms with Crippen molar-refractivity contribution in [3.8, 4) is 0 Å². The first kappa shape index (κ1) is 36.0. The lowest BCUT2D eigenvalue weighted by Gasteiger charge is -1.82. The molecule has 0 nitrogen and oxygen atoms in total. The maximum atomic E-state index is 4.81. The van der Waals surface area contributed by atoms with E-state index in [1.54, 1.807) is 0 Å². The van der Waals surface area contributed by atoms with Crippen LogP contribution in [0, 0.1) is 34.6 Å². The van der Waals surface area contributed by atoms with Gasteiger partial charge in [0.15, 0.2) is 4.30 Å². The number of halogens is 3. The molecule has 0 aromatic heterocycles. The highest BCUT2D eigenvalue weighted by Crippen LogP contribution is 2.03. The van der Waals surface area contributed by atoms with Crippen LogP contribution in [-0.4, -0.2) is 4.30 Å². The monoisotopic (exact) mass is 578 g/mol. The Balaban J connectivity index is 0.000000448. The molecule has 0 fully saturated rings. The first-order chi connectivity index (χ1) is 18.7.